The number of carbonyl (C=O) groups is 1. The molecule has 2 heterocycles. The van der Waals surface area contributed by atoms with E-state index < -0.39 is 0 Å². The highest BCUT2D eigenvalue weighted by Gasteiger charge is 2.24. The first-order chi connectivity index (χ1) is 11.7. The van der Waals surface area contributed by atoms with E-state index in [-0.39, 0.29) is 5.91 Å². The van der Waals surface area contributed by atoms with E-state index in [2.05, 4.69) is 15.2 Å². The molecule has 0 bridgehead atoms. The Hall–Kier alpha value is -2.21. The minimum atomic E-state index is 0.0916. The molecule has 3 rings (SSSR count). The molecule has 1 unspecified atom stereocenters. The maximum Gasteiger partial charge on any atom is 0.253 e. The number of nitrogens with one attached hydrogen (secondary N) is 1. The van der Waals surface area contributed by atoms with Crippen LogP contribution >= 0.6 is 0 Å². The summed E-state index contributed by atoms with van der Waals surface area (Å²) in [5.41, 5.74) is 1.62. The standard InChI is InChI=1S/C18H24N4O2/c1-3-24-12-14-5-4-10-22(11-14)18(23)16-8-6-15(7-9-16)17-19-13(2)20-21-17/h6-9,14H,3-5,10-12H2,1-2H3,(H,19,20,21). The molecule has 0 saturated carbocycles. The quantitative estimate of drug-likeness (QED) is 0.916. The van der Waals surface area contributed by atoms with Crippen LogP contribution in [-0.4, -0.2) is 52.3 Å². The first-order valence-electron chi connectivity index (χ1n) is 8.54. The topological polar surface area (TPSA) is 71.1 Å². The Morgan fingerprint density at radius 1 is 1.38 bits per heavy atom. The molecule has 6 heteroatoms. The molecule has 1 aromatic carbocycles. The summed E-state index contributed by atoms with van der Waals surface area (Å²) in [6.45, 7) is 6.94. The summed E-state index contributed by atoms with van der Waals surface area (Å²) in [5.74, 6) is 1.96. The van der Waals surface area contributed by atoms with Gasteiger partial charge in [-0.3, -0.25) is 9.89 Å². The van der Waals surface area contributed by atoms with Gasteiger partial charge in [-0.25, -0.2) is 4.98 Å². The maximum absolute atomic E-state index is 12.7. The first kappa shape index (κ1) is 16.6. The fourth-order valence-corrected chi connectivity index (χ4v) is 3.09. The van der Waals surface area contributed by atoms with E-state index in [1.54, 1.807) is 0 Å². The smallest absolute Gasteiger partial charge is 0.253 e. The van der Waals surface area contributed by atoms with Crippen LogP contribution in [0.15, 0.2) is 24.3 Å². The van der Waals surface area contributed by atoms with Gasteiger partial charge in [-0.1, -0.05) is 12.1 Å². The molecule has 128 valence electrons. The molecule has 1 aromatic heterocycles. The van der Waals surface area contributed by atoms with E-state index in [4.69, 9.17) is 4.74 Å². The highest BCUT2D eigenvalue weighted by molar-refractivity contribution is 5.94. The largest absolute Gasteiger partial charge is 0.381 e. The van der Waals surface area contributed by atoms with Crippen LogP contribution in [0.3, 0.4) is 0 Å². The number of aromatic amines is 1. The number of aromatic nitrogens is 3. The molecule has 2 aromatic rings. The Labute approximate surface area is 142 Å². The number of rotatable bonds is 5. The van der Waals surface area contributed by atoms with Crippen molar-refractivity contribution < 1.29 is 9.53 Å². The van der Waals surface area contributed by atoms with Gasteiger partial charge in [-0.15, -0.1) is 0 Å². The van der Waals surface area contributed by atoms with Crippen LogP contribution in [0.4, 0.5) is 0 Å². The van der Waals surface area contributed by atoms with Crippen LogP contribution in [0.25, 0.3) is 11.4 Å². The monoisotopic (exact) mass is 328 g/mol. The molecule has 24 heavy (non-hydrogen) atoms. The summed E-state index contributed by atoms with van der Waals surface area (Å²) in [7, 11) is 0. The van der Waals surface area contributed by atoms with Gasteiger partial charge < -0.3 is 9.64 Å². The third kappa shape index (κ3) is 3.82. The molecule has 1 aliphatic heterocycles. The lowest BCUT2D eigenvalue weighted by atomic mass is 9.98. The van der Waals surface area contributed by atoms with E-state index in [0.29, 0.717) is 17.3 Å². The molecule has 1 amide bonds. The van der Waals surface area contributed by atoms with Gasteiger partial charge >= 0.3 is 0 Å². The number of hydrogen-bond donors (Lipinski definition) is 1. The lowest BCUT2D eigenvalue weighted by molar-refractivity contribution is 0.0501. The molecule has 1 aliphatic rings. The van der Waals surface area contributed by atoms with Crippen LogP contribution in [0, 0.1) is 12.8 Å². The summed E-state index contributed by atoms with van der Waals surface area (Å²) in [4.78, 5) is 19.0. The van der Waals surface area contributed by atoms with Gasteiger partial charge in [0.05, 0.1) is 6.61 Å². The summed E-state index contributed by atoms with van der Waals surface area (Å²) in [6, 6.07) is 7.51. The number of hydrogen-bond acceptors (Lipinski definition) is 4. The number of likely N-dealkylation sites (tertiary alicyclic amines) is 1. The molecule has 1 atom stereocenters. The van der Waals surface area contributed by atoms with Gasteiger partial charge in [-0.05, 0) is 44.7 Å². The zero-order valence-electron chi connectivity index (χ0n) is 14.3. The van der Waals surface area contributed by atoms with Gasteiger partial charge in [0.25, 0.3) is 5.91 Å². The fraction of sp³-hybridized carbons (Fsp3) is 0.500. The van der Waals surface area contributed by atoms with Crippen LogP contribution in [0.1, 0.15) is 35.9 Å². The molecule has 0 aliphatic carbocycles. The van der Waals surface area contributed by atoms with Crippen LogP contribution < -0.4 is 0 Å². The SMILES string of the molecule is CCOCC1CCCN(C(=O)c2ccc(-c3n[nH]c(C)n3)cc2)C1. The Morgan fingerprint density at radius 2 is 2.17 bits per heavy atom. The zero-order chi connectivity index (χ0) is 16.9. The van der Waals surface area contributed by atoms with Gasteiger partial charge in [0, 0.05) is 30.8 Å². The van der Waals surface area contributed by atoms with Crippen molar-refractivity contribution in [1.82, 2.24) is 20.1 Å². The predicted molar refractivity (Wildman–Crippen MR) is 91.7 cm³/mol. The van der Waals surface area contributed by atoms with Crippen LogP contribution in [-0.2, 0) is 4.74 Å². The summed E-state index contributed by atoms with van der Waals surface area (Å²) < 4.78 is 5.52. The van der Waals surface area contributed by atoms with Gasteiger partial charge in [0.15, 0.2) is 5.82 Å². The number of amides is 1. The first-order valence-corrected chi connectivity index (χ1v) is 8.54. The van der Waals surface area contributed by atoms with Gasteiger partial charge in [0.1, 0.15) is 5.82 Å². The predicted octanol–water partition coefficient (Wildman–Crippen LogP) is 2.67. The molecule has 1 saturated heterocycles. The number of H-pyrrole nitrogens is 1. The minimum Gasteiger partial charge on any atom is -0.381 e. The zero-order valence-corrected chi connectivity index (χ0v) is 14.3. The van der Waals surface area contributed by atoms with Gasteiger partial charge in [0.2, 0.25) is 0 Å². The molecular weight excluding hydrogens is 304 g/mol. The van der Waals surface area contributed by atoms with Crippen molar-refractivity contribution >= 4 is 5.91 Å². The number of piperidine rings is 1. The Kier molecular flexibility index (Phi) is 5.25. The molecule has 0 spiro atoms. The van der Waals surface area contributed by atoms with Crippen molar-refractivity contribution in [2.24, 2.45) is 5.92 Å². The normalized spacial score (nSPS) is 17.9. The Balaban J connectivity index is 1.66. The minimum absolute atomic E-state index is 0.0916. The fourth-order valence-electron chi connectivity index (χ4n) is 3.09. The summed E-state index contributed by atoms with van der Waals surface area (Å²) >= 11 is 0. The van der Waals surface area contributed by atoms with Crippen LogP contribution in [0.2, 0.25) is 0 Å². The second kappa shape index (κ2) is 7.57. The highest BCUT2D eigenvalue weighted by Crippen LogP contribution is 2.21. The highest BCUT2D eigenvalue weighted by atomic mass is 16.5. The molecule has 1 fully saturated rings. The molecule has 6 nitrogen and oxygen atoms in total. The van der Waals surface area contributed by atoms with E-state index in [9.17, 15) is 4.79 Å². The van der Waals surface area contributed by atoms with Gasteiger partial charge in [-0.2, -0.15) is 5.10 Å². The second-order valence-electron chi connectivity index (χ2n) is 6.24. The van der Waals surface area contributed by atoms with Crippen molar-refractivity contribution in [2.45, 2.75) is 26.7 Å². The summed E-state index contributed by atoms with van der Waals surface area (Å²) in [6.07, 6.45) is 2.17. The number of carbonyl (C=O) groups excluding carboxylic acids is 1. The number of benzene rings is 1. The van der Waals surface area contributed by atoms with E-state index in [1.165, 1.54) is 0 Å². The third-order valence-electron chi connectivity index (χ3n) is 4.35. The van der Waals surface area contributed by atoms with Crippen molar-refractivity contribution in [2.75, 3.05) is 26.3 Å². The van der Waals surface area contributed by atoms with Crippen LogP contribution in [0.5, 0.6) is 0 Å². The number of nitrogens with zero attached hydrogens (tertiary/aromatic N) is 3. The van der Waals surface area contributed by atoms with Crippen molar-refractivity contribution in [3.63, 3.8) is 0 Å². The third-order valence-corrected chi connectivity index (χ3v) is 4.35. The summed E-state index contributed by atoms with van der Waals surface area (Å²) in [5, 5.41) is 6.97. The van der Waals surface area contributed by atoms with E-state index in [1.807, 2.05) is 43.0 Å². The van der Waals surface area contributed by atoms with Crippen molar-refractivity contribution in [3.05, 3.63) is 35.7 Å². The van der Waals surface area contributed by atoms with E-state index in [0.717, 1.165) is 50.5 Å². The number of aryl methyl sites for hydroxylation is 1. The van der Waals surface area contributed by atoms with Crippen molar-refractivity contribution in [3.8, 4) is 11.4 Å². The lowest BCUT2D eigenvalue weighted by Crippen LogP contribution is -2.41. The second-order valence-corrected chi connectivity index (χ2v) is 6.24. The van der Waals surface area contributed by atoms with E-state index >= 15 is 0 Å². The number of ether oxygens (including phenoxy) is 1. The molecular formula is C18H24N4O2. The lowest BCUT2D eigenvalue weighted by Gasteiger charge is -2.32. The average Bonchev–Trinajstić information content (AvgIpc) is 3.06. The molecule has 1 N–H and O–H groups in total. The Bertz CT molecular complexity index is 681. The average molecular weight is 328 g/mol. The maximum atomic E-state index is 12.7. The van der Waals surface area contributed by atoms with Crippen molar-refractivity contribution in [1.29, 1.82) is 0 Å². The molecule has 0 radical (unpaired) electrons. The Morgan fingerprint density at radius 3 is 2.83 bits per heavy atom.